The number of hydrogen-bond acceptors (Lipinski definition) is 2. The molecule has 1 aromatic carbocycles. The van der Waals surface area contributed by atoms with Crippen LogP contribution in [0.4, 0.5) is 0 Å². The van der Waals surface area contributed by atoms with E-state index in [0.717, 1.165) is 23.4 Å². The van der Waals surface area contributed by atoms with Crippen molar-refractivity contribution in [2.24, 2.45) is 5.73 Å². The molecule has 2 N–H and O–H groups in total. The minimum Gasteiger partial charge on any atom is -0.324 e. The molecule has 2 rings (SSSR count). The second kappa shape index (κ2) is 6.18. The summed E-state index contributed by atoms with van der Waals surface area (Å²) in [5.41, 5.74) is 8.73. The van der Waals surface area contributed by atoms with Crippen LogP contribution in [0, 0.1) is 3.57 Å². The van der Waals surface area contributed by atoms with Crippen LogP contribution in [0.2, 0.25) is 5.02 Å². The van der Waals surface area contributed by atoms with Crippen LogP contribution in [0.25, 0.3) is 0 Å². The predicted octanol–water partition coefficient (Wildman–Crippen LogP) is 4.64. The van der Waals surface area contributed by atoms with Gasteiger partial charge in [-0.2, -0.15) is 11.3 Å². The largest absolute Gasteiger partial charge is 0.324 e. The zero-order chi connectivity index (χ0) is 12.3. The molecule has 0 aliphatic heterocycles. The van der Waals surface area contributed by atoms with Crippen LogP contribution >= 0.6 is 45.5 Å². The third-order valence-electron chi connectivity index (χ3n) is 2.68. The highest BCUT2D eigenvalue weighted by Gasteiger charge is 2.10. The standard InChI is InChI=1S/C13H13ClINS/c14-10-2-3-12(15)11(7-10)13(16)4-1-9-5-6-17-8-9/h2-3,5-8,13H,1,4,16H2. The first-order valence-electron chi connectivity index (χ1n) is 5.38. The molecule has 0 saturated heterocycles. The summed E-state index contributed by atoms with van der Waals surface area (Å²) >= 11 is 10.0. The maximum Gasteiger partial charge on any atom is 0.0410 e. The van der Waals surface area contributed by atoms with Gasteiger partial charge in [-0.25, -0.2) is 0 Å². The first-order chi connectivity index (χ1) is 8.16. The molecule has 4 heteroatoms. The van der Waals surface area contributed by atoms with E-state index >= 15 is 0 Å². The van der Waals surface area contributed by atoms with Crippen LogP contribution < -0.4 is 5.73 Å². The third-order valence-corrected chi connectivity index (χ3v) is 4.63. The summed E-state index contributed by atoms with van der Waals surface area (Å²) in [5.74, 6) is 0. The highest BCUT2D eigenvalue weighted by molar-refractivity contribution is 14.1. The van der Waals surface area contributed by atoms with E-state index in [2.05, 4.69) is 39.4 Å². The van der Waals surface area contributed by atoms with Gasteiger partial charge in [-0.05, 0) is 81.6 Å². The van der Waals surface area contributed by atoms with Crippen molar-refractivity contribution >= 4 is 45.5 Å². The first kappa shape index (κ1) is 13.3. The Labute approximate surface area is 124 Å². The number of thiophene rings is 1. The second-order valence-corrected chi connectivity index (χ2v) is 6.32. The van der Waals surface area contributed by atoms with E-state index in [0.29, 0.717) is 0 Å². The fraction of sp³-hybridized carbons (Fsp3) is 0.231. The third kappa shape index (κ3) is 3.68. The number of rotatable bonds is 4. The van der Waals surface area contributed by atoms with E-state index in [9.17, 15) is 0 Å². The van der Waals surface area contributed by atoms with E-state index in [1.165, 1.54) is 9.13 Å². The highest BCUT2D eigenvalue weighted by atomic mass is 127. The van der Waals surface area contributed by atoms with Crippen molar-refractivity contribution in [2.45, 2.75) is 18.9 Å². The monoisotopic (exact) mass is 377 g/mol. The first-order valence-corrected chi connectivity index (χ1v) is 7.78. The molecule has 0 amide bonds. The fourth-order valence-corrected chi connectivity index (χ4v) is 3.33. The van der Waals surface area contributed by atoms with Crippen molar-refractivity contribution in [3.8, 4) is 0 Å². The van der Waals surface area contributed by atoms with Gasteiger partial charge in [0.1, 0.15) is 0 Å². The topological polar surface area (TPSA) is 26.0 Å². The molecule has 0 fully saturated rings. The summed E-state index contributed by atoms with van der Waals surface area (Å²) in [6.07, 6.45) is 1.97. The summed E-state index contributed by atoms with van der Waals surface area (Å²) in [4.78, 5) is 0. The molecular weight excluding hydrogens is 365 g/mol. The molecule has 90 valence electrons. The summed E-state index contributed by atoms with van der Waals surface area (Å²) in [6.45, 7) is 0. The van der Waals surface area contributed by atoms with Gasteiger partial charge in [-0.3, -0.25) is 0 Å². The molecule has 1 unspecified atom stereocenters. The van der Waals surface area contributed by atoms with Gasteiger partial charge >= 0.3 is 0 Å². The van der Waals surface area contributed by atoms with Gasteiger partial charge in [0.25, 0.3) is 0 Å². The summed E-state index contributed by atoms with van der Waals surface area (Å²) < 4.78 is 1.19. The van der Waals surface area contributed by atoms with Gasteiger partial charge in [-0.15, -0.1) is 0 Å². The molecule has 17 heavy (non-hydrogen) atoms. The summed E-state index contributed by atoms with van der Waals surface area (Å²) in [6, 6.07) is 8.10. The smallest absolute Gasteiger partial charge is 0.0410 e. The van der Waals surface area contributed by atoms with Gasteiger partial charge < -0.3 is 5.73 Å². The van der Waals surface area contributed by atoms with Gasteiger partial charge in [0.2, 0.25) is 0 Å². The molecular formula is C13H13ClINS. The van der Waals surface area contributed by atoms with Gasteiger partial charge in [0, 0.05) is 14.6 Å². The van der Waals surface area contributed by atoms with Gasteiger partial charge in [0.15, 0.2) is 0 Å². The Morgan fingerprint density at radius 1 is 1.35 bits per heavy atom. The normalized spacial score (nSPS) is 12.6. The van der Waals surface area contributed by atoms with E-state index < -0.39 is 0 Å². The Morgan fingerprint density at radius 2 is 2.18 bits per heavy atom. The van der Waals surface area contributed by atoms with Crippen LogP contribution in [0.3, 0.4) is 0 Å². The van der Waals surface area contributed by atoms with Gasteiger partial charge in [-0.1, -0.05) is 11.6 Å². The summed E-state index contributed by atoms with van der Waals surface area (Å²) in [5, 5.41) is 5.03. The average Bonchev–Trinajstić information content (AvgIpc) is 2.82. The van der Waals surface area contributed by atoms with Crippen molar-refractivity contribution in [1.29, 1.82) is 0 Å². The van der Waals surface area contributed by atoms with Gasteiger partial charge in [0.05, 0.1) is 0 Å². The lowest BCUT2D eigenvalue weighted by Gasteiger charge is -2.13. The number of aryl methyl sites for hydroxylation is 1. The maximum atomic E-state index is 6.22. The van der Waals surface area contributed by atoms with E-state index in [4.69, 9.17) is 17.3 Å². The van der Waals surface area contributed by atoms with Crippen molar-refractivity contribution < 1.29 is 0 Å². The van der Waals surface area contributed by atoms with Crippen molar-refractivity contribution in [2.75, 3.05) is 0 Å². The molecule has 2 aromatic rings. The quantitative estimate of drug-likeness (QED) is 0.772. The van der Waals surface area contributed by atoms with Crippen LogP contribution in [-0.2, 0) is 6.42 Å². The van der Waals surface area contributed by atoms with Crippen LogP contribution in [0.1, 0.15) is 23.6 Å². The zero-order valence-corrected chi connectivity index (χ0v) is 12.9. The molecule has 0 aliphatic rings. The van der Waals surface area contributed by atoms with Crippen LogP contribution in [0.5, 0.6) is 0 Å². The number of nitrogens with two attached hydrogens (primary N) is 1. The zero-order valence-electron chi connectivity index (χ0n) is 9.20. The van der Waals surface area contributed by atoms with E-state index in [1.54, 1.807) is 11.3 Å². The Kier molecular flexibility index (Phi) is 4.85. The molecule has 0 bridgehead atoms. The second-order valence-electron chi connectivity index (χ2n) is 3.94. The van der Waals surface area contributed by atoms with E-state index in [-0.39, 0.29) is 6.04 Å². The number of halogens is 2. The maximum absolute atomic E-state index is 6.22. The Bertz CT molecular complexity index is 484. The fourth-order valence-electron chi connectivity index (χ4n) is 1.71. The highest BCUT2D eigenvalue weighted by Crippen LogP contribution is 2.25. The van der Waals surface area contributed by atoms with E-state index in [1.807, 2.05) is 18.2 Å². The molecule has 0 radical (unpaired) electrons. The lowest BCUT2D eigenvalue weighted by Crippen LogP contribution is -2.12. The van der Waals surface area contributed by atoms with Crippen molar-refractivity contribution in [3.63, 3.8) is 0 Å². The molecule has 1 nitrogen and oxygen atoms in total. The Balaban J connectivity index is 2.04. The van der Waals surface area contributed by atoms with Crippen molar-refractivity contribution in [1.82, 2.24) is 0 Å². The van der Waals surface area contributed by atoms with Crippen LogP contribution in [0.15, 0.2) is 35.0 Å². The minimum atomic E-state index is 0.0560. The molecule has 0 spiro atoms. The SMILES string of the molecule is NC(CCc1ccsc1)c1cc(Cl)ccc1I. The molecule has 1 heterocycles. The van der Waals surface area contributed by atoms with Crippen LogP contribution in [-0.4, -0.2) is 0 Å². The number of hydrogen-bond donors (Lipinski definition) is 1. The van der Waals surface area contributed by atoms with Crippen molar-refractivity contribution in [3.05, 3.63) is 54.7 Å². The Hall–Kier alpha value is -0.100. The molecule has 0 aliphatic carbocycles. The molecule has 1 aromatic heterocycles. The predicted molar refractivity (Wildman–Crippen MR) is 83.7 cm³/mol. The Morgan fingerprint density at radius 3 is 2.88 bits per heavy atom. The summed E-state index contributed by atoms with van der Waals surface area (Å²) in [7, 11) is 0. The lowest BCUT2D eigenvalue weighted by molar-refractivity contribution is 0.649. The molecule has 1 atom stereocenters. The average molecular weight is 378 g/mol. The number of benzene rings is 1. The minimum absolute atomic E-state index is 0.0560. The lowest BCUT2D eigenvalue weighted by atomic mass is 10.0. The molecule has 0 saturated carbocycles.